The molecule has 0 unspecified atom stereocenters. The van der Waals surface area contributed by atoms with Crippen molar-refractivity contribution in [2.75, 3.05) is 0 Å². The monoisotopic (exact) mass is 225 g/mol. The molecular formula is C14H15N3. The maximum Gasteiger partial charge on any atom is 0.159 e. The first-order valence-corrected chi connectivity index (χ1v) is 5.59. The normalized spacial score (nSPS) is 8.82. The number of aryl methyl sites for hydroxylation is 1. The van der Waals surface area contributed by atoms with Crippen molar-refractivity contribution < 1.29 is 0 Å². The average molecular weight is 225 g/mol. The number of nitriles is 1. The highest BCUT2D eigenvalue weighted by molar-refractivity contribution is 5.55. The summed E-state index contributed by atoms with van der Waals surface area (Å²) >= 11 is 0. The number of hydrogen-bond donors (Lipinski definition) is 0. The molecule has 3 nitrogen and oxygen atoms in total. The van der Waals surface area contributed by atoms with Crippen molar-refractivity contribution in [3.8, 4) is 17.5 Å². The van der Waals surface area contributed by atoms with E-state index >= 15 is 0 Å². The minimum atomic E-state index is 0.478. The Kier molecular flexibility index (Phi) is 4.83. The first-order chi connectivity index (χ1) is 8.29. The second-order valence-electron chi connectivity index (χ2n) is 3.27. The van der Waals surface area contributed by atoms with Gasteiger partial charge in [0.15, 0.2) is 5.82 Å². The van der Waals surface area contributed by atoms with Crippen molar-refractivity contribution in [1.29, 1.82) is 5.26 Å². The first-order valence-electron chi connectivity index (χ1n) is 5.59. The van der Waals surface area contributed by atoms with Gasteiger partial charge < -0.3 is 0 Å². The summed E-state index contributed by atoms with van der Waals surface area (Å²) in [5.41, 5.74) is 2.64. The van der Waals surface area contributed by atoms with Gasteiger partial charge in [-0.1, -0.05) is 43.7 Å². The Morgan fingerprint density at radius 2 is 1.53 bits per heavy atom. The predicted octanol–water partition coefficient (Wildman–Crippen LogP) is 3.35. The van der Waals surface area contributed by atoms with Crippen molar-refractivity contribution in [3.63, 3.8) is 0 Å². The molecule has 0 amide bonds. The summed E-state index contributed by atoms with van der Waals surface area (Å²) in [6, 6.07) is 9.95. The van der Waals surface area contributed by atoms with Gasteiger partial charge in [0.05, 0.1) is 5.56 Å². The van der Waals surface area contributed by atoms with Crippen LogP contribution >= 0.6 is 0 Å². The van der Waals surface area contributed by atoms with Crippen molar-refractivity contribution in [2.45, 2.75) is 20.8 Å². The lowest BCUT2D eigenvalue weighted by Gasteiger charge is -1.99. The van der Waals surface area contributed by atoms with E-state index in [-0.39, 0.29) is 0 Å². The Morgan fingerprint density at radius 1 is 1.00 bits per heavy atom. The molecule has 0 N–H and O–H groups in total. The van der Waals surface area contributed by atoms with Crippen LogP contribution in [-0.2, 0) is 0 Å². The fraction of sp³-hybridized carbons (Fsp3) is 0.214. The Bertz CT molecular complexity index is 492. The van der Waals surface area contributed by atoms with E-state index in [1.807, 2.05) is 51.1 Å². The van der Waals surface area contributed by atoms with E-state index in [9.17, 15) is 0 Å². The van der Waals surface area contributed by atoms with Crippen LogP contribution in [0.3, 0.4) is 0 Å². The van der Waals surface area contributed by atoms with Crippen LogP contribution in [-0.4, -0.2) is 9.97 Å². The molecule has 0 saturated heterocycles. The van der Waals surface area contributed by atoms with Gasteiger partial charge in [-0.05, 0) is 6.92 Å². The Hall–Kier alpha value is -2.21. The zero-order valence-corrected chi connectivity index (χ0v) is 10.3. The third kappa shape index (κ3) is 3.39. The third-order valence-corrected chi connectivity index (χ3v) is 2.09. The molecule has 0 spiro atoms. The fourth-order valence-corrected chi connectivity index (χ4v) is 1.24. The molecule has 0 radical (unpaired) electrons. The van der Waals surface area contributed by atoms with Gasteiger partial charge in [-0.25, -0.2) is 9.97 Å². The standard InChI is InChI=1S/C12H9N3.C2H6/c1-9-2-4-11(5-3-9)12-14-7-10(6-13)8-15-12;1-2/h2-5,7-8H,1H3;1-2H3. The lowest BCUT2D eigenvalue weighted by molar-refractivity contribution is 1.16. The van der Waals surface area contributed by atoms with Gasteiger partial charge in [0.2, 0.25) is 0 Å². The van der Waals surface area contributed by atoms with E-state index in [2.05, 4.69) is 9.97 Å². The van der Waals surface area contributed by atoms with Crippen molar-refractivity contribution >= 4 is 0 Å². The second kappa shape index (κ2) is 6.39. The summed E-state index contributed by atoms with van der Waals surface area (Å²) in [4.78, 5) is 8.23. The molecule has 17 heavy (non-hydrogen) atoms. The van der Waals surface area contributed by atoms with Gasteiger partial charge >= 0.3 is 0 Å². The lowest BCUT2D eigenvalue weighted by atomic mass is 10.1. The molecule has 1 heterocycles. The van der Waals surface area contributed by atoms with Gasteiger partial charge in [0.1, 0.15) is 6.07 Å². The molecule has 86 valence electrons. The molecule has 3 heteroatoms. The van der Waals surface area contributed by atoms with Crippen LogP contribution < -0.4 is 0 Å². The smallest absolute Gasteiger partial charge is 0.159 e. The average Bonchev–Trinajstić information content (AvgIpc) is 2.42. The van der Waals surface area contributed by atoms with Crippen LogP contribution in [0.1, 0.15) is 25.0 Å². The SMILES string of the molecule is CC.Cc1ccc(-c2ncc(C#N)cn2)cc1. The molecule has 0 aliphatic carbocycles. The lowest BCUT2D eigenvalue weighted by Crippen LogP contribution is -1.89. The maximum atomic E-state index is 8.61. The van der Waals surface area contributed by atoms with Crippen LogP contribution in [0.5, 0.6) is 0 Å². The number of aromatic nitrogens is 2. The van der Waals surface area contributed by atoms with Crippen LogP contribution in [0.2, 0.25) is 0 Å². The molecule has 0 bridgehead atoms. The molecule has 0 saturated carbocycles. The maximum absolute atomic E-state index is 8.61. The molecule has 1 aromatic carbocycles. The summed E-state index contributed by atoms with van der Waals surface area (Å²) in [5.74, 6) is 0.647. The molecule has 0 atom stereocenters. The minimum Gasteiger partial charge on any atom is -0.235 e. The summed E-state index contributed by atoms with van der Waals surface area (Å²) < 4.78 is 0. The quantitative estimate of drug-likeness (QED) is 0.747. The van der Waals surface area contributed by atoms with E-state index < -0.39 is 0 Å². The molecule has 2 rings (SSSR count). The summed E-state index contributed by atoms with van der Waals surface area (Å²) in [6.07, 6.45) is 3.06. The molecule has 0 aliphatic heterocycles. The molecule has 0 aliphatic rings. The Morgan fingerprint density at radius 3 is 2.00 bits per heavy atom. The topological polar surface area (TPSA) is 49.6 Å². The largest absolute Gasteiger partial charge is 0.235 e. The van der Waals surface area contributed by atoms with Crippen molar-refractivity contribution in [1.82, 2.24) is 9.97 Å². The Balaban J connectivity index is 0.000000686. The van der Waals surface area contributed by atoms with E-state index in [1.165, 1.54) is 18.0 Å². The molecular weight excluding hydrogens is 210 g/mol. The summed E-state index contributed by atoms with van der Waals surface area (Å²) in [7, 11) is 0. The van der Waals surface area contributed by atoms with Gasteiger partial charge in [-0.3, -0.25) is 0 Å². The number of nitrogens with zero attached hydrogens (tertiary/aromatic N) is 3. The van der Waals surface area contributed by atoms with Crippen LogP contribution in [0.25, 0.3) is 11.4 Å². The van der Waals surface area contributed by atoms with E-state index in [0.29, 0.717) is 11.4 Å². The van der Waals surface area contributed by atoms with E-state index in [4.69, 9.17) is 5.26 Å². The van der Waals surface area contributed by atoms with Crippen molar-refractivity contribution in [2.24, 2.45) is 0 Å². The van der Waals surface area contributed by atoms with Crippen LogP contribution in [0, 0.1) is 18.3 Å². The van der Waals surface area contributed by atoms with Gasteiger partial charge in [0.25, 0.3) is 0 Å². The third-order valence-electron chi connectivity index (χ3n) is 2.09. The summed E-state index contributed by atoms with van der Waals surface area (Å²) in [6.45, 7) is 6.03. The van der Waals surface area contributed by atoms with E-state index in [1.54, 1.807) is 0 Å². The second-order valence-corrected chi connectivity index (χ2v) is 3.27. The number of rotatable bonds is 1. The highest BCUT2D eigenvalue weighted by Crippen LogP contribution is 2.14. The zero-order valence-electron chi connectivity index (χ0n) is 10.3. The molecule has 1 aromatic heterocycles. The minimum absolute atomic E-state index is 0.478. The first kappa shape index (κ1) is 12.9. The highest BCUT2D eigenvalue weighted by Gasteiger charge is 2.00. The zero-order chi connectivity index (χ0) is 12.7. The molecule has 0 fully saturated rings. The fourth-order valence-electron chi connectivity index (χ4n) is 1.24. The highest BCUT2D eigenvalue weighted by atomic mass is 14.9. The van der Waals surface area contributed by atoms with E-state index in [0.717, 1.165) is 5.56 Å². The Labute approximate surface area is 102 Å². The molecule has 2 aromatic rings. The van der Waals surface area contributed by atoms with Crippen LogP contribution in [0.15, 0.2) is 36.7 Å². The number of benzene rings is 1. The van der Waals surface area contributed by atoms with Gasteiger partial charge in [0, 0.05) is 18.0 Å². The van der Waals surface area contributed by atoms with Gasteiger partial charge in [-0.2, -0.15) is 5.26 Å². The number of hydrogen-bond acceptors (Lipinski definition) is 3. The predicted molar refractivity (Wildman–Crippen MR) is 68.3 cm³/mol. The van der Waals surface area contributed by atoms with Gasteiger partial charge in [-0.15, -0.1) is 0 Å². The van der Waals surface area contributed by atoms with Crippen molar-refractivity contribution in [3.05, 3.63) is 47.8 Å². The summed E-state index contributed by atoms with van der Waals surface area (Å²) in [5, 5.41) is 8.61. The van der Waals surface area contributed by atoms with Crippen LogP contribution in [0.4, 0.5) is 0 Å².